The summed E-state index contributed by atoms with van der Waals surface area (Å²) in [6.45, 7) is 7.93. The minimum atomic E-state index is -3.35. The van der Waals surface area contributed by atoms with E-state index in [0.29, 0.717) is 31.4 Å². The van der Waals surface area contributed by atoms with E-state index < -0.39 is 10.2 Å². The lowest BCUT2D eigenvalue weighted by Crippen LogP contribution is -2.51. The summed E-state index contributed by atoms with van der Waals surface area (Å²) < 4.78 is 28.7. The molecule has 0 unspecified atom stereocenters. The Kier molecular flexibility index (Phi) is 7.08. The lowest BCUT2D eigenvalue weighted by Gasteiger charge is -2.37. The first kappa shape index (κ1) is 17.2. The molecule has 0 N–H and O–H groups in total. The second kappa shape index (κ2) is 7.81. The monoisotopic (exact) mass is 310 g/mol. The molecule has 0 aliphatic carbocycles. The van der Waals surface area contributed by atoms with Crippen molar-refractivity contribution in [1.82, 2.24) is 8.61 Å². The maximum Gasteiger partial charge on any atom is 0.282 e. The first-order valence-electron chi connectivity index (χ1n) is 7.30. The molecule has 0 aromatic carbocycles. The van der Waals surface area contributed by atoms with Gasteiger partial charge in [0, 0.05) is 31.6 Å². The van der Waals surface area contributed by atoms with Crippen LogP contribution in [0.1, 0.15) is 46.5 Å². The van der Waals surface area contributed by atoms with E-state index in [1.165, 1.54) is 0 Å². The highest BCUT2D eigenvalue weighted by Crippen LogP contribution is 2.23. The van der Waals surface area contributed by atoms with Gasteiger partial charge in [-0.05, 0) is 31.6 Å². The standard InChI is InChI=1S/C13H27ClN2O2S/c1-4-13(5-2)16(11-8-14)19(17,18)15-9-6-12(3)7-10-15/h12-13H,4-11H2,1-3H3. The van der Waals surface area contributed by atoms with Gasteiger partial charge in [0.05, 0.1) is 0 Å². The molecule has 4 nitrogen and oxygen atoms in total. The molecule has 1 aliphatic heterocycles. The molecule has 0 aromatic heterocycles. The zero-order valence-electron chi connectivity index (χ0n) is 12.3. The lowest BCUT2D eigenvalue weighted by molar-refractivity contribution is 0.242. The van der Waals surface area contributed by atoms with Crippen LogP contribution in [0.5, 0.6) is 0 Å². The first-order chi connectivity index (χ1) is 8.97. The number of rotatable bonds is 7. The van der Waals surface area contributed by atoms with Crippen molar-refractivity contribution < 1.29 is 8.42 Å². The molecule has 1 saturated heterocycles. The van der Waals surface area contributed by atoms with Crippen molar-refractivity contribution in [3.63, 3.8) is 0 Å². The Labute approximate surface area is 123 Å². The van der Waals surface area contributed by atoms with Crippen LogP contribution in [0.25, 0.3) is 0 Å². The second-order valence-corrected chi connectivity index (χ2v) is 7.62. The highest BCUT2D eigenvalue weighted by atomic mass is 35.5. The van der Waals surface area contributed by atoms with E-state index >= 15 is 0 Å². The highest BCUT2D eigenvalue weighted by molar-refractivity contribution is 7.86. The SMILES string of the molecule is CCC(CC)N(CCCl)S(=O)(=O)N1CCC(C)CC1. The van der Waals surface area contributed by atoms with E-state index in [0.717, 1.165) is 25.7 Å². The molecule has 1 fully saturated rings. The van der Waals surface area contributed by atoms with Gasteiger partial charge >= 0.3 is 0 Å². The van der Waals surface area contributed by atoms with Crippen LogP contribution in [0.4, 0.5) is 0 Å². The highest BCUT2D eigenvalue weighted by Gasteiger charge is 2.34. The van der Waals surface area contributed by atoms with Gasteiger partial charge < -0.3 is 0 Å². The van der Waals surface area contributed by atoms with Gasteiger partial charge in [-0.2, -0.15) is 17.0 Å². The fourth-order valence-electron chi connectivity index (χ4n) is 2.63. The van der Waals surface area contributed by atoms with Crippen molar-refractivity contribution in [1.29, 1.82) is 0 Å². The molecule has 0 saturated carbocycles. The Bertz CT molecular complexity index is 350. The number of nitrogens with zero attached hydrogens (tertiary/aromatic N) is 2. The third-order valence-electron chi connectivity index (χ3n) is 4.02. The predicted molar refractivity (Wildman–Crippen MR) is 80.7 cm³/mol. The summed E-state index contributed by atoms with van der Waals surface area (Å²) in [6, 6.07) is 0.0584. The average molecular weight is 311 g/mol. The van der Waals surface area contributed by atoms with Crippen LogP contribution in [0, 0.1) is 5.92 Å². The maximum absolute atomic E-state index is 12.7. The van der Waals surface area contributed by atoms with E-state index in [4.69, 9.17) is 11.6 Å². The molecule has 1 heterocycles. The van der Waals surface area contributed by atoms with E-state index in [9.17, 15) is 8.42 Å². The van der Waals surface area contributed by atoms with Crippen LogP contribution >= 0.6 is 11.6 Å². The van der Waals surface area contributed by atoms with Gasteiger partial charge in [-0.25, -0.2) is 0 Å². The van der Waals surface area contributed by atoms with Crippen molar-refractivity contribution in [2.24, 2.45) is 5.92 Å². The number of alkyl halides is 1. The normalized spacial score (nSPS) is 19.5. The molecule has 0 bridgehead atoms. The maximum atomic E-state index is 12.7. The van der Waals surface area contributed by atoms with Gasteiger partial charge in [-0.1, -0.05) is 20.8 Å². The second-order valence-electron chi connectivity index (χ2n) is 5.36. The molecular formula is C13H27ClN2O2S. The van der Waals surface area contributed by atoms with Crippen LogP contribution in [0.2, 0.25) is 0 Å². The first-order valence-corrected chi connectivity index (χ1v) is 9.23. The lowest BCUT2D eigenvalue weighted by atomic mass is 10.0. The Morgan fingerprint density at radius 2 is 1.79 bits per heavy atom. The van der Waals surface area contributed by atoms with Crippen LogP contribution in [-0.4, -0.2) is 48.6 Å². The van der Waals surface area contributed by atoms with Gasteiger partial charge in [-0.15, -0.1) is 11.6 Å². The number of halogens is 1. The fraction of sp³-hybridized carbons (Fsp3) is 1.00. The number of hydrogen-bond acceptors (Lipinski definition) is 2. The molecule has 0 amide bonds. The van der Waals surface area contributed by atoms with E-state index in [2.05, 4.69) is 6.92 Å². The van der Waals surface area contributed by atoms with E-state index in [1.54, 1.807) is 8.61 Å². The van der Waals surface area contributed by atoms with Crippen molar-refractivity contribution in [2.75, 3.05) is 25.5 Å². The van der Waals surface area contributed by atoms with Gasteiger partial charge in [0.15, 0.2) is 0 Å². The van der Waals surface area contributed by atoms with Crippen molar-refractivity contribution in [3.8, 4) is 0 Å². The zero-order chi connectivity index (χ0) is 14.5. The summed E-state index contributed by atoms with van der Waals surface area (Å²) in [4.78, 5) is 0. The fourth-order valence-corrected chi connectivity index (χ4v) is 4.88. The van der Waals surface area contributed by atoms with Gasteiger partial charge in [0.25, 0.3) is 10.2 Å². The van der Waals surface area contributed by atoms with Gasteiger partial charge in [0.1, 0.15) is 0 Å². The number of hydrogen-bond donors (Lipinski definition) is 0. The summed E-state index contributed by atoms with van der Waals surface area (Å²) in [5.74, 6) is 0.973. The zero-order valence-corrected chi connectivity index (χ0v) is 13.9. The Hall–Kier alpha value is 0.160. The van der Waals surface area contributed by atoms with Crippen LogP contribution in [0.3, 0.4) is 0 Å². The Morgan fingerprint density at radius 3 is 2.21 bits per heavy atom. The van der Waals surface area contributed by atoms with Crippen molar-refractivity contribution in [3.05, 3.63) is 0 Å². The molecule has 0 radical (unpaired) electrons. The molecule has 1 aliphatic rings. The minimum Gasteiger partial charge on any atom is -0.195 e. The summed E-state index contributed by atoms with van der Waals surface area (Å²) in [5, 5.41) is 0. The van der Waals surface area contributed by atoms with Crippen molar-refractivity contribution >= 4 is 21.8 Å². The summed E-state index contributed by atoms with van der Waals surface area (Å²) in [5.41, 5.74) is 0. The summed E-state index contributed by atoms with van der Waals surface area (Å²) in [7, 11) is -3.35. The molecule has 114 valence electrons. The third-order valence-corrected chi connectivity index (χ3v) is 6.28. The third kappa shape index (κ3) is 4.31. The van der Waals surface area contributed by atoms with Crippen LogP contribution in [-0.2, 0) is 10.2 Å². The van der Waals surface area contributed by atoms with Crippen LogP contribution < -0.4 is 0 Å². The van der Waals surface area contributed by atoms with Crippen LogP contribution in [0.15, 0.2) is 0 Å². The smallest absolute Gasteiger partial charge is 0.195 e. The van der Waals surface area contributed by atoms with E-state index in [-0.39, 0.29) is 6.04 Å². The quantitative estimate of drug-likeness (QED) is 0.678. The van der Waals surface area contributed by atoms with Gasteiger partial charge in [0.2, 0.25) is 0 Å². The number of piperidine rings is 1. The topological polar surface area (TPSA) is 40.6 Å². The molecule has 1 rings (SSSR count). The molecule has 19 heavy (non-hydrogen) atoms. The van der Waals surface area contributed by atoms with Gasteiger partial charge in [-0.3, -0.25) is 0 Å². The Balaban J connectivity index is 2.86. The molecule has 6 heteroatoms. The molecule has 0 spiro atoms. The predicted octanol–water partition coefficient (Wildman–Crippen LogP) is 2.69. The summed E-state index contributed by atoms with van der Waals surface area (Å²) >= 11 is 5.80. The molecule has 0 aromatic rings. The molecule has 0 atom stereocenters. The van der Waals surface area contributed by atoms with E-state index in [1.807, 2.05) is 13.8 Å². The summed E-state index contributed by atoms with van der Waals surface area (Å²) in [6.07, 6.45) is 3.57. The largest absolute Gasteiger partial charge is 0.282 e. The average Bonchev–Trinajstić information content (AvgIpc) is 2.39. The van der Waals surface area contributed by atoms with Crippen molar-refractivity contribution in [2.45, 2.75) is 52.5 Å². The minimum absolute atomic E-state index is 0.0584. The molecular weight excluding hydrogens is 284 g/mol. The Morgan fingerprint density at radius 1 is 1.26 bits per heavy atom.